The van der Waals surface area contributed by atoms with E-state index in [-0.39, 0.29) is 17.1 Å². The van der Waals surface area contributed by atoms with Crippen molar-refractivity contribution in [2.24, 2.45) is 0 Å². The SMILES string of the molecule is CC(=O)OC[C@@]1(COS(=O)(=O)c2ccc(C)cc2)O[C@@H](n2cc(C)c(=O)[nH]c2=O)[C@H](OC(C)=O)[C@@H](OCc2ccccc2)[C@@H]1OC(C)=O. The molecule has 1 aliphatic rings. The molecule has 1 saturated heterocycles. The zero-order valence-electron chi connectivity index (χ0n) is 26.9. The van der Waals surface area contributed by atoms with Gasteiger partial charge >= 0.3 is 23.6 Å². The van der Waals surface area contributed by atoms with E-state index in [1.54, 1.807) is 49.4 Å². The number of benzene rings is 2. The standard InChI is InChI=1S/C32H36N2O13S/c1-19-11-13-25(14-12-19)48(40,41)44-18-32(17-43-21(3)35)28(46-23(5)37)26(42-16-24-9-7-6-8-10-24)27(45-22(4)36)30(47-32)34-15-20(2)29(38)33-31(34)39/h6-15,26-28,30H,16-18H2,1-5H3,(H,33,38,39)/t26-,27-,28+,30-,32+/m1/s1. The Labute approximate surface area is 275 Å². The third-order valence-electron chi connectivity index (χ3n) is 7.37. The molecule has 48 heavy (non-hydrogen) atoms. The number of aromatic amines is 1. The first-order chi connectivity index (χ1) is 22.6. The Morgan fingerprint density at radius 1 is 0.875 bits per heavy atom. The molecule has 4 rings (SSSR count). The number of carbonyl (C=O) groups excluding carboxylic acids is 3. The van der Waals surface area contributed by atoms with E-state index in [4.69, 9.17) is 27.9 Å². The molecule has 0 amide bonds. The third kappa shape index (κ3) is 8.63. The topological polar surface area (TPSA) is 196 Å². The van der Waals surface area contributed by atoms with Gasteiger partial charge in [-0.15, -0.1) is 0 Å². The third-order valence-corrected chi connectivity index (χ3v) is 8.64. The van der Waals surface area contributed by atoms with Crippen molar-refractivity contribution in [3.63, 3.8) is 0 Å². The minimum absolute atomic E-state index is 0.0624. The lowest BCUT2D eigenvalue weighted by molar-refractivity contribution is -0.317. The van der Waals surface area contributed by atoms with Gasteiger partial charge < -0.3 is 23.7 Å². The molecule has 15 nitrogen and oxygen atoms in total. The molecule has 0 saturated carbocycles. The van der Waals surface area contributed by atoms with Crippen LogP contribution >= 0.6 is 0 Å². The van der Waals surface area contributed by atoms with Crippen LogP contribution in [0.25, 0.3) is 0 Å². The van der Waals surface area contributed by atoms with Crippen LogP contribution in [0.2, 0.25) is 0 Å². The Hall–Kier alpha value is -4.64. The summed E-state index contributed by atoms with van der Waals surface area (Å²) in [5, 5.41) is 0. The molecule has 0 radical (unpaired) electrons. The molecule has 1 aromatic heterocycles. The number of hydrogen-bond donors (Lipinski definition) is 1. The minimum Gasteiger partial charge on any atom is -0.463 e. The van der Waals surface area contributed by atoms with Gasteiger partial charge in [0.25, 0.3) is 15.7 Å². The zero-order chi connectivity index (χ0) is 35.2. The van der Waals surface area contributed by atoms with Crippen LogP contribution in [0.15, 0.2) is 75.3 Å². The van der Waals surface area contributed by atoms with Crippen LogP contribution in [0.1, 0.15) is 43.7 Å². The summed E-state index contributed by atoms with van der Waals surface area (Å²) in [5.41, 5.74) is -2.43. The van der Waals surface area contributed by atoms with Crippen molar-refractivity contribution in [2.45, 2.75) is 76.3 Å². The number of carbonyl (C=O) groups is 3. The van der Waals surface area contributed by atoms with E-state index in [2.05, 4.69) is 4.98 Å². The first kappa shape index (κ1) is 36.2. The Morgan fingerprint density at radius 3 is 2.12 bits per heavy atom. The summed E-state index contributed by atoms with van der Waals surface area (Å²) < 4.78 is 62.5. The molecular weight excluding hydrogens is 652 g/mol. The highest BCUT2D eigenvalue weighted by atomic mass is 32.2. The van der Waals surface area contributed by atoms with Gasteiger partial charge in [0.05, 0.1) is 11.5 Å². The van der Waals surface area contributed by atoms with Gasteiger partial charge in [-0.25, -0.2) is 4.79 Å². The van der Waals surface area contributed by atoms with Crippen molar-refractivity contribution in [2.75, 3.05) is 13.2 Å². The molecule has 0 unspecified atom stereocenters. The molecule has 3 aromatic rings. The van der Waals surface area contributed by atoms with E-state index in [1.807, 2.05) is 0 Å². The van der Waals surface area contributed by atoms with Gasteiger partial charge in [-0.1, -0.05) is 48.0 Å². The molecule has 258 valence electrons. The molecule has 2 heterocycles. The number of hydrogen-bond acceptors (Lipinski definition) is 13. The minimum atomic E-state index is -4.52. The average Bonchev–Trinajstić information content (AvgIpc) is 3.02. The van der Waals surface area contributed by atoms with Crippen molar-refractivity contribution in [3.8, 4) is 0 Å². The lowest BCUT2D eigenvalue weighted by Gasteiger charge is -2.51. The van der Waals surface area contributed by atoms with Crippen molar-refractivity contribution >= 4 is 28.0 Å². The second kappa shape index (κ2) is 15.1. The molecule has 16 heteroatoms. The summed E-state index contributed by atoms with van der Waals surface area (Å²) in [6, 6.07) is 14.5. The van der Waals surface area contributed by atoms with Crippen LogP contribution < -0.4 is 11.2 Å². The van der Waals surface area contributed by atoms with Crippen molar-refractivity contribution < 1.29 is 50.7 Å². The number of aromatic nitrogens is 2. The Balaban J connectivity index is 1.93. The normalized spacial score (nSPS) is 22.4. The summed E-state index contributed by atoms with van der Waals surface area (Å²) in [4.78, 5) is 64.7. The van der Waals surface area contributed by atoms with Crippen molar-refractivity contribution in [1.29, 1.82) is 0 Å². The monoisotopic (exact) mass is 688 g/mol. The lowest BCUT2D eigenvalue weighted by Crippen LogP contribution is -2.69. The van der Waals surface area contributed by atoms with Gasteiger partial charge in [0.1, 0.15) is 19.3 Å². The van der Waals surface area contributed by atoms with Gasteiger partial charge in [0.15, 0.2) is 24.0 Å². The Bertz CT molecular complexity index is 1850. The Kier molecular flexibility index (Phi) is 11.4. The van der Waals surface area contributed by atoms with E-state index in [9.17, 15) is 32.4 Å². The van der Waals surface area contributed by atoms with Gasteiger partial charge in [-0.2, -0.15) is 8.42 Å². The number of esters is 3. The summed E-state index contributed by atoms with van der Waals surface area (Å²) in [5.74, 6) is -2.55. The highest BCUT2D eigenvalue weighted by Gasteiger charge is 2.61. The summed E-state index contributed by atoms with van der Waals surface area (Å²) in [7, 11) is -4.52. The fraction of sp³-hybridized carbons (Fsp3) is 0.406. The van der Waals surface area contributed by atoms with E-state index >= 15 is 0 Å². The summed E-state index contributed by atoms with van der Waals surface area (Å²) in [6.45, 7) is 4.53. The number of ether oxygens (including phenoxy) is 5. The van der Waals surface area contributed by atoms with E-state index in [0.717, 1.165) is 37.1 Å². The van der Waals surface area contributed by atoms with Gasteiger partial charge in [0, 0.05) is 32.5 Å². The maximum atomic E-state index is 13.4. The highest BCUT2D eigenvalue weighted by Crippen LogP contribution is 2.41. The zero-order valence-corrected chi connectivity index (χ0v) is 27.7. The van der Waals surface area contributed by atoms with Crippen molar-refractivity contribution in [1.82, 2.24) is 9.55 Å². The molecule has 1 aliphatic heterocycles. The van der Waals surface area contributed by atoms with Crippen LogP contribution in [0.5, 0.6) is 0 Å². The van der Waals surface area contributed by atoms with Gasteiger partial charge in [0.2, 0.25) is 0 Å². The molecule has 0 spiro atoms. The molecule has 0 aliphatic carbocycles. The van der Waals surface area contributed by atoms with E-state index < -0.39 is 82.6 Å². The predicted molar refractivity (Wildman–Crippen MR) is 166 cm³/mol. The van der Waals surface area contributed by atoms with Crippen LogP contribution in [0.4, 0.5) is 0 Å². The maximum absolute atomic E-state index is 13.4. The summed E-state index contributed by atoms with van der Waals surface area (Å²) in [6.07, 6.45) is -5.27. The van der Waals surface area contributed by atoms with Gasteiger partial charge in [-0.05, 0) is 31.5 Å². The maximum Gasteiger partial charge on any atom is 0.330 e. The molecular formula is C32H36N2O13S. The average molecular weight is 689 g/mol. The van der Waals surface area contributed by atoms with E-state index in [0.29, 0.717) is 5.56 Å². The first-order valence-corrected chi connectivity index (χ1v) is 16.1. The molecule has 2 aromatic carbocycles. The number of H-pyrrole nitrogens is 1. The van der Waals surface area contributed by atoms with E-state index in [1.165, 1.54) is 19.1 Å². The number of rotatable bonds is 12. The fourth-order valence-corrected chi connectivity index (χ4v) is 6.03. The molecule has 5 atom stereocenters. The molecule has 1 N–H and O–H groups in total. The molecule has 1 fully saturated rings. The highest BCUT2D eigenvalue weighted by molar-refractivity contribution is 7.86. The number of nitrogens with zero attached hydrogens (tertiary/aromatic N) is 1. The largest absolute Gasteiger partial charge is 0.463 e. The lowest BCUT2D eigenvalue weighted by atomic mass is 9.86. The Morgan fingerprint density at radius 2 is 1.52 bits per heavy atom. The second-order valence-electron chi connectivity index (χ2n) is 11.2. The fourth-order valence-electron chi connectivity index (χ4n) is 5.07. The van der Waals surface area contributed by atoms with Crippen LogP contribution in [-0.2, 0) is 59.0 Å². The van der Waals surface area contributed by atoms with Crippen LogP contribution in [0.3, 0.4) is 0 Å². The van der Waals surface area contributed by atoms with Crippen LogP contribution in [-0.4, -0.2) is 73.0 Å². The van der Waals surface area contributed by atoms with Gasteiger partial charge in [-0.3, -0.25) is 32.9 Å². The van der Waals surface area contributed by atoms with Crippen molar-refractivity contribution in [3.05, 3.63) is 98.3 Å². The smallest absolute Gasteiger partial charge is 0.330 e. The first-order valence-electron chi connectivity index (χ1n) is 14.7. The number of aryl methyl sites for hydroxylation is 2. The quantitative estimate of drug-likeness (QED) is 0.165. The molecule has 0 bridgehead atoms. The predicted octanol–water partition coefficient (Wildman–Crippen LogP) is 1.84. The van der Waals surface area contributed by atoms with Crippen LogP contribution in [0, 0.1) is 13.8 Å². The number of nitrogens with one attached hydrogen (secondary N) is 1. The second-order valence-corrected chi connectivity index (χ2v) is 12.8. The summed E-state index contributed by atoms with van der Waals surface area (Å²) >= 11 is 0.